The molecule has 3 fully saturated rings. The summed E-state index contributed by atoms with van der Waals surface area (Å²) < 4.78 is 0. The van der Waals surface area contributed by atoms with E-state index in [0.29, 0.717) is 17.2 Å². The van der Waals surface area contributed by atoms with E-state index >= 15 is 0 Å². The number of nitrogens with zero attached hydrogens (tertiary/aromatic N) is 1. The number of rotatable bonds is 1. The molecule has 0 aromatic carbocycles. The predicted molar refractivity (Wildman–Crippen MR) is 65.7 cm³/mol. The fraction of sp³-hybridized carbons (Fsp3) is 0.917. The second-order valence-electron chi connectivity index (χ2n) is 5.40. The third-order valence-corrected chi connectivity index (χ3v) is 4.52. The Morgan fingerprint density at radius 3 is 2.44 bits per heavy atom. The second-order valence-corrected chi connectivity index (χ2v) is 5.40. The molecular weight excluding hydrogens is 224 g/mol. The number of amides is 1. The molecule has 0 radical (unpaired) electrons. The normalized spacial score (nSPS) is 31.2. The van der Waals surface area contributed by atoms with Crippen LogP contribution in [0.15, 0.2) is 0 Å². The highest BCUT2D eigenvalue weighted by Crippen LogP contribution is 2.63. The molecule has 0 aromatic heterocycles. The molecule has 3 aliphatic rings. The standard InChI is InChI=1S/C12H20N2O.ClH/c15-11(14-7-5-13-6-8-14)10-9-12(10)3-1-2-4-12;/h10,13H,1-9H2;1H. The summed E-state index contributed by atoms with van der Waals surface area (Å²) in [5.41, 5.74) is 0.474. The Labute approximate surface area is 103 Å². The smallest absolute Gasteiger partial charge is 0.226 e. The van der Waals surface area contributed by atoms with E-state index in [0.717, 1.165) is 26.2 Å². The van der Waals surface area contributed by atoms with Crippen LogP contribution >= 0.6 is 12.4 Å². The maximum Gasteiger partial charge on any atom is 0.226 e. The lowest BCUT2D eigenvalue weighted by Crippen LogP contribution is -2.47. The van der Waals surface area contributed by atoms with E-state index in [1.807, 2.05) is 0 Å². The third-order valence-electron chi connectivity index (χ3n) is 4.52. The number of piperazine rings is 1. The minimum absolute atomic E-state index is 0. The minimum atomic E-state index is 0. The molecule has 0 aromatic rings. The number of hydrogen-bond acceptors (Lipinski definition) is 2. The summed E-state index contributed by atoms with van der Waals surface area (Å²) in [6.07, 6.45) is 6.53. The van der Waals surface area contributed by atoms with Gasteiger partial charge in [0.1, 0.15) is 0 Å². The van der Waals surface area contributed by atoms with Crippen molar-refractivity contribution < 1.29 is 4.79 Å². The quantitative estimate of drug-likeness (QED) is 0.757. The van der Waals surface area contributed by atoms with Gasteiger partial charge in [-0.25, -0.2) is 0 Å². The molecule has 1 aliphatic heterocycles. The maximum absolute atomic E-state index is 12.2. The van der Waals surface area contributed by atoms with Crippen molar-refractivity contribution in [3.8, 4) is 0 Å². The lowest BCUT2D eigenvalue weighted by atomic mass is 10.0. The first-order valence-electron chi connectivity index (χ1n) is 6.31. The van der Waals surface area contributed by atoms with E-state index in [1.165, 1.54) is 32.1 Å². The molecule has 92 valence electrons. The van der Waals surface area contributed by atoms with Gasteiger partial charge in [0.15, 0.2) is 0 Å². The van der Waals surface area contributed by atoms with Crippen LogP contribution in [0.25, 0.3) is 0 Å². The molecule has 1 spiro atoms. The van der Waals surface area contributed by atoms with Crippen LogP contribution in [0.3, 0.4) is 0 Å². The summed E-state index contributed by atoms with van der Waals surface area (Å²) in [5, 5.41) is 3.30. The van der Waals surface area contributed by atoms with E-state index in [1.54, 1.807) is 0 Å². The van der Waals surface area contributed by atoms with Gasteiger partial charge in [0.05, 0.1) is 0 Å². The molecule has 16 heavy (non-hydrogen) atoms. The van der Waals surface area contributed by atoms with Crippen molar-refractivity contribution in [3.63, 3.8) is 0 Å². The summed E-state index contributed by atoms with van der Waals surface area (Å²) in [7, 11) is 0. The number of carbonyl (C=O) groups is 1. The van der Waals surface area contributed by atoms with Gasteiger partial charge in [-0.1, -0.05) is 12.8 Å². The Kier molecular flexibility index (Phi) is 3.45. The first kappa shape index (κ1) is 12.2. The first-order valence-corrected chi connectivity index (χ1v) is 6.31. The van der Waals surface area contributed by atoms with Gasteiger partial charge in [0.2, 0.25) is 5.91 Å². The van der Waals surface area contributed by atoms with Crippen LogP contribution < -0.4 is 5.32 Å². The number of nitrogens with one attached hydrogen (secondary N) is 1. The molecule has 4 heteroatoms. The van der Waals surface area contributed by atoms with Gasteiger partial charge in [-0.15, -0.1) is 12.4 Å². The number of halogens is 1. The molecule has 1 atom stereocenters. The highest BCUT2D eigenvalue weighted by atomic mass is 35.5. The van der Waals surface area contributed by atoms with Crippen molar-refractivity contribution in [2.75, 3.05) is 26.2 Å². The van der Waals surface area contributed by atoms with Crippen LogP contribution in [0, 0.1) is 11.3 Å². The van der Waals surface area contributed by atoms with Crippen LogP contribution in [0.5, 0.6) is 0 Å². The minimum Gasteiger partial charge on any atom is -0.340 e. The zero-order chi connectivity index (χ0) is 10.3. The molecule has 2 aliphatic carbocycles. The summed E-state index contributed by atoms with van der Waals surface area (Å²) >= 11 is 0. The fourth-order valence-corrected chi connectivity index (χ4v) is 3.43. The Morgan fingerprint density at radius 1 is 1.19 bits per heavy atom. The molecular formula is C12H21ClN2O. The van der Waals surface area contributed by atoms with Crippen molar-refractivity contribution in [1.82, 2.24) is 10.2 Å². The van der Waals surface area contributed by atoms with Crippen molar-refractivity contribution in [1.29, 1.82) is 0 Å². The van der Waals surface area contributed by atoms with Crippen molar-refractivity contribution in [2.24, 2.45) is 11.3 Å². The van der Waals surface area contributed by atoms with Gasteiger partial charge in [0, 0.05) is 32.1 Å². The zero-order valence-corrected chi connectivity index (χ0v) is 10.5. The lowest BCUT2D eigenvalue weighted by Gasteiger charge is -2.28. The summed E-state index contributed by atoms with van der Waals surface area (Å²) in [6.45, 7) is 3.80. The van der Waals surface area contributed by atoms with Crippen LogP contribution in [0.1, 0.15) is 32.1 Å². The van der Waals surface area contributed by atoms with Crippen molar-refractivity contribution in [2.45, 2.75) is 32.1 Å². The summed E-state index contributed by atoms with van der Waals surface area (Å²) in [4.78, 5) is 14.3. The second kappa shape index (κ2) is 4.53. The van der Waals surface area contributed by atoms with Gasteiger partial charge in [-0.3, -0.25) is 4.79 Å². The molecule has 1 amide bonds. The third kappa shape index (κ3) is 1.95. The molecule has 1 unspecified atom stereocenters. The Balaban J connectivity index is 0.000000963. The van der Waals surface area contributed by atoms with E-state index in [2.05, 4.69) is 10.2 Å². The average molecular weight is 245 g/mol. The Bertz CT molecular complexity index is 270. The van der Waals surface area contributed by atoms with Crippen LogP contribution in [0.4, 0.5) is 0 Å². The van der Waals surface area contributed by atoms with Crippen molar-refractivity contribution in [3.05, 3.63) is 0 Å². The lowest BCUT2D eigenvalue weighted by molar-refractivity contribution is -0.134. The highest BCUT2D eigenvalue weighted by molar-refractivity contribution is 5.85. The first-order chi connectivity index (χ1) is 7.32. The summed E-state index contributed by atoms with van der Waals surface area (Å²) in [5.74, 6) is 0.858. The van der Waals surface area contributed by atoms with Gasteiger partial charge < -0.3 is 10.2 Å². The van der Waals surface area contributed by atoms with Gasteiger partial charge >= 0.3 is 0 Å². The zero-order valence-electron chi connectivity index (χ0n) is 9.71. The molecule has 1 N–H and O–H groups in total. The summed E-state index contributed by atoms with van der Waals surface area (Å²) in [6, 6.07) is 0. The molecule has 1 saturated heterocycles. The molecule has 1 heterocycles. The maximum atomic E-state index is 12.2. The van der Waals surface area contributed by atoms with E-state index in [-0.39, 0.29) is 12.4 Å². The van der Waals surface area contributed by atoms with E-state index in [9.17, 15) is 4.79 Å². The predicted octanol–water partition coefficient (Wildman–Crippen LogP) is 1.42. The largest absolute Gasteiger partial charge is 0.340 e. The molecule has 0 bridgehead atoms. The molecule has 3 rings (SSSR count). The highest BCUT2D eigenvalue weighted by Gasteiger charge is 2.59. The monoisotopic (exact) mass is 244 g/mol. The SMILES string of the molecule is Cl.O=C(C1CC12CCCC2)N1CCNCC1. The number of carbonyl (C=O) groups excluding carboxylic acids is 1. The van der Waals surface area contributed by atoms with Gasteiger partial charge in [0.25, 0.3) is 0 Å². The average Bonchev–Trinajstić information content (AvgIpc) is 2.77. The van der Waals surface area contributed by atoms with Gasteiger partial charge in [-0.2, -0.15) is 0 Å². The van der Waals surface area contributed by atoms with Gasteiger partial charge in [-0.05, 0) is 24.7 Å². The number of hydrogen-bond donors (Lipinski definition) is 1. The Hall–Kier alpha value is -0.280. The van der Waals surface area contributed by atoms with Crippen LogP contribution in [-0.4, -0.2) is 37.0 Å². The van der Waals surface area contributed by atoms with E-state index in [4.69, 9.17) is 0 Å². The van der Waals surface area contributed by atoms with Crippen LogP contribution in [0.2, 0.25) is 0 Å². The Morgan fingerprint density at radius 2 is 1.81 bits per heavy atom. The molecule has 3 nitrogen and oxygen atoms in total. The fourth-order valence-electron chi connectivity index (χ4n) is 3.43. The topological polar surface area (TPSA) is 32.3 Å². The van der Waals surface area contributed by atoms with E-state index < -0.39 is 0 Å². The van der Waals surface area contributed by atoms with Crippen LogP contribution in [-0.2, 0) is 4.79 Å². The van der Waals surface area contributed by atoms with Crippen molar-refractivity contribution >= 4 is 18.3 Å². The molecule has 2 saturated carbocycles.